The quantitative estimate of drug-likeness (QED) is 0.732. The van der Waals surface area contributed by atoms with Crippen molar-refractivity contribution in [1.29, 1.82) is 0 Å². The van der Waals surface area contributed by atoms with Crippen LogP contribution in [0.1, 0.15) is 11.1 Å². The van der Waals surface area contributed by atoms with Crippen LogP contribution in [0.25, 0.3) is 10.9 Å². The second-order valence-electron chi connectivity index (χ2n) is 5.52. The third kappa shape index (κ3) is 3.37. The first-order valence-electron chi connectivity index (χ1n) is 7.39. The number of nitrogens with zero attached hydrogens (tertiary/aromatic N) is 2. The molecule has 0 fully saturated rings. The molecule has 1 heterocycles. The largest absolute Gasteiger partial charge is 0.491 e. The highest BCUT2D eigenvalue weighted by atomic mass is 35.5. The zero-order chi connectivity index (χ0) is 16.4. The maximum atomic E-state index is 12.5. The molecule has 0 N–H and O–H groups in total. The molecule has 0 aliphatic carbocycles. The molecule has 0 saturated heterocycles. The topological polar surface area (TPSA) is 44.1 Å². The molecule has 1 aromatic heterocycles. The van der Waals surface area contributed by atoms with Crippen LogP contribution in [0.15, 0.2) is 47.5 Å². The third-order valence-electron chi connectivity index (χ3n) is 3.72. The molecule has 2 aromatic carbocycles. The average molecular weight is 329 g/mol. The van der Waals surface area contributed by atoms with Crippen molar-refractivity contribution in [3.8, 4) is 5.75 Å². The molecule has 0 amide bonds. The first kappa shape index (κ1) is 15.6. The van der Waals surface area contributed by atoms with Crippen LogP contribution in [0.4, 0.5) is 0 Å². The van der Waals surface area contributed by atoms with Crippen molar-refractivity contribution in [2.24, 2.45) is 0 Å². The van der Waals surface area contributed by atoms with E-state index in [0.717, 1.165) is 16.9 Å². The molecule has 3 aromatic rings. The SMILES string of the molecule is Cc1ccc(C)c(OCCn2cnc3ccc(Cl)cc3c2=O)c1. The molecule has 4 nitrogen and oxygen atoms in total. The molecular formula is C18H17ClN2O2. The van der Waals surface area contributed by atoms with E-state index in [-0.39, 0.29) is 5.56 Å². The van der Waals surface area contributed by atoms with Gasteiger partial charge in [-0.25, -0.2) is 4.98 Å². The minimum atomic E-state index is -0.109. The number of hydrogen-bond acceptors (Lipinski definition) is 3. The number of benzene rings is 2. The highest BCUT2D eigenvalue weighted by Gasteiger charge is 2.06. The summed E-state index contributed by atoms with van der Waals surface area (Å²) in [6, 6.07) is 11.2. The fourth-order valence-electron chi connectivity index (χ4n) is 2.41. The van der Waals surface area contributed by atoms with Crippen LogP contribution >= 0.6 is 11.6 Å². The normalized spacial score (nSPS) is 10.9. The van der Waals surface area contributed by atoms with Crippen molar-refractivity contribution in [2.45, 2.75) is 20.4 Å². The molecular weight excluding hydrogens is 312 g/mol. The maximum absolute atomic E-state index is 12.5. The summed E-state index contributed by atoms with van der Waals surface area (Å²) in [7, 11) is 0. The molecule has 0 bridgehead atoms. The standard InChI is InChI=1S/C18H17ClN2O2/c1-12-3-4-13(2)17(9-12)23-8-7-21-11-20-16-6-5-14(19)10-15(16)18(21)22/h3-6,9-11H,7-8H2,1-2H3. The van der Waals surface area contributed by atoms with Gasteiger partial charge >= 0.3 is 0 Å². The van der Waals surface area contributed by atoms with Crippen molar-refractivity contribution in [3.63, 3.8) is 0 Å². The van der Waals surface area contributed by atoms with Gasteiger partial charge in [-0.2, -0.15) is 0 Å². The molecule has 5 heteroatoms. The van der Waals surface area contributed by atoms with Crippen molar-refractivity contribution in [3.05, 3.63) is 69.2 Å². The zero-order valence-corrected chi connectivity index (χ0v) is 13.8. The predicted molar refractivity (Wildman–Crippen MR) is 92.4 cm³/mol. The van der Waals surface area contributed by atoms with Gasteiger partial charge in [-0.1, -0.05) is 23.7 Å². The Bertz CT molecular complexity index is 919. The van der Waals surface area contributed by atoms with Crippen LogP contribution in [0.3, 0.4) is 0 Å². The number of halogens is 1. The maximum Gasteiger partial charge on any atom is 0.261 e. The molecule has 0 aliphatic rings. The Labute approximate surface area is 139 Å². The molecule has 0 saturated carbocycles. The molecule has 0 aliphatic heterocycles. The first-order chi connectivity index (χ1) is 11.0. The van der Waals surface area contributed by atoms with Gasteiger partial charge in [-0.3, -0.25) is 9.36 Å². The fraction of sp³-hybridized carbons (Fsp3) is 0.222. The Morgan fingerprint density at radius 1 is 1.17 bits per heavy atom. The lowest BCUT2D eigenvalue weighted by atomic mass is 10.1. The Kier molecular flexibility index (Phi) is 4.35. The molecule has 0 spiro atoms. The zero-order valence-electron chi connectivity index (χ0n) is 13.0. The summed E-state index contributed by atoms with van der Waals surface area (Å²) in [5.41, 5.74) is 2.75. The molecule has 0 radical (unpaired) electrons. The van der Waals surface area contributed by atoms with Crippen molar-refractivity contribution >= 4 is 22.5 Å². The van der Waals surface area contributed by atoms with Crippen LogP contribution < -0.4 is 10.3 Å². The smallest absolute Gasteiger partial charge is 0.261 e. The van der Waals surface area contributed by atoms with Gasteiger partial charge < -0.3 is 4.74 Å². The number of hydrogen-bond donors (Lipinski definition) is 0. The Hall–Kier alpha value is -2.33. The third-order valence-corrected chi connectivity index (χ3v) is 3.95. The number of ether oxygens (including phenoxy) is 1. The van der Waals surface area contributed by atoms with E-state index < -0.39 is 0 Å². The minimum Gasteiger partial charge on any atom is -0.491 e. The summed E-state index contributed by atoms with van der Waals surface area (Å²) in [4.78, 5) is 16.7. The minimum absolute atomic E-state index is 0.109. The lowest BCUT2D eigenvalue weighted by molar-refractivity contribution is 0.294. The van der Waals surface area contributed by atoms with E-state index in [9.17, 15) is 4.79 Å². The van der Waals surface area contributed by atoms with E-state index in [1.165, 1.54) is 0 Å². The van der Waals surface area contributed by atoms with E-state index in [1.54, 1.807) is 29.1 Å². The Balaban J connectivity index is 1.78. The van der Waals surface area contributed by atoms with Gasteiger partial charge in [-0.05, 0) is 49.2 Å². The predicted octanol–water partition coefficient (Wildman–Crippen LogP) is 3.75. The summed E-state index contributed by atoms with van der Waals surface area (Å²) in [6.07, 6.45) is 1.55. The van der Waals surface area contributed by atoms with Crippen molar-refractivity contribution < 1.29 is 4.74 Å². The van der Waals surface area contributed by atoms with Gasteiger partial charge in [0.15, 0.2) is 0 Å². The fourth-order valence-corrected chi connectivity index (χ4v) is 2.58. The summed E-state index contributed by atoms with van der Waals surface area (Å²) >= 11 is 5.96. The van der Waals surface area contributed by atoms with Crippen molar-refractivity contribution in [2.75, 3.05) is 6.61 Å². The second kappa shape index (κ2) is 6.42. The van der Waals surface area contributed by atoms with Crippen LogP contribution in [0, 0.1) is 13.8 Å². The van der Waals surface area contributed by atoms with Gasteiger partial charge in [0.25, 0.3) is 5.56 Å². The molecule has 118 valence electrons. The molecule has 3 rings (SSSR count). The van der Waals surface area contributed by atoms with E-state index in [4.69, 9.17) is 16.3 Å². The van der Waals surface area contributed by atoms with E-state index >= 15 is 0 Å². The Morgan fingerprint density at radius 3 is 2.83 bits per heavy atom. The number of aryl methyl sites for hydroxylation is 2. The molecule has 0 unspecified atom stereocenters. The van der Waals surface area contributed by atoms with Crippen LogP contribution in [-0.2, 0) is 6.54 Å². The lowest BCUT2D eigenvalue weighted by Crippen LogP contribution is -2.23. The van der Waals surface area contributed by atoms with E-state index in [2.05, 4.69) is 4.98 Å². The van der Waals surface area contributed by atoms with Crippen molar-refractivity contribution in [1.82, 2.24) is 9.55 Å². The van der Waals surface area contributed by atoms with Gasteiger partial charge in [0.2, 0.25) is 0 Å². The summed E-state index contributed by atoms with van der Waals surface area (Å²) in [5.74, 6) is 0.842. The van der Waals surface area contributed by atoms with Gasteiger partial charge in [0, 0.05) is 5.02 Å². The summed E-state index contributed by atoms with van der Waals surface area (Å²) in [5, 5.41) is 1.05. The molecule has 23 heavy (non-hydrogen) atoms. The van der Waals surface area contributed by atoms with Crippen LogP contribution in [0.2, 0.25) is 5.02 Å². The van der Waals surface area contributed by atoms with Gasteiger partial charge in [-0.15, -0.1) is 0 Å². The van der Waals surface area contributed by atoms with Gasteiger partial charge in [0.1, 0.15) is 12.4 Å². The number of rotatable bonds is 4. The summed E-state index contributed by atoms with van der Waals surface area (Å²) < 4.78 is 7.34. The number of fused-ring (bicyclic) bond motifs is 1. The van der Waals surface area contributed by atoms with E-state index in [1.807, 2.05) is 32.0 Å². The Morgan fingerprint density at radius 2 is 2.00 bits per heavy atom. The van der Waals surface area contributed by atoms with Crippen LogP contribution in [0.5, 0.6) is 5.75 Å². The highest BCUT2D eigenvalue weighted by Crippen LogP contribution is 2.19. The molecule has 0 atom stereocenters. The second-order valence-corrected chi connectivity index (χ2v) is 5.96. The average Bonchev–Trinajstić information content (AvgIpc) is 2.53. The first-order valence-corrected chi connectivity index (χ1v) is 7.77. The summed E-state index contributed by atoms with van der Waals surface area (Å²) in [6.45, 7) is 4.86. The highest BCUT2D eigenvalue weighted by molar-refractivity contribution is 6.31. The lowest BCUT2D eigenvalue weighted by Gasteiger charge is -2.11. The van der Waals surface area contributed by atoms with Gasteiger partial charge in [0.05, 0.1) is 23.8 Å². The van der Waals surface area contributed by atoms with E-state index in [0.29, 0.717) is 29.1 Å². The van der Waals surface area contributed by atoms with Crippen LogP contribution in [-0.4, -0.2) is 16.2 Å². The monoisotopic (exact) mass is 328 g/mol. The number of aromatic nitrogens is 2.